The maximum Gasteiger partial charge on any atom is 0.261 e. The van der Waals surface area contributed by atoms with Gasteiger partial charge in [0.2, 0.25) is 0 Å². The van der Waals surface area contributed by atoms with Crippen LogP contribution in [0.15, 0.2) is 41.2 Å². The fourth-order valence-electron chi connectivity index (χ4n) is 2.94. The summed E-state index contributed by atoms with van der Waals surface area (Å²) in [5.74, 6) is 1.95. The molecule has 0 spiro atoms. The Hall–Kier alpha value is -2.83. The van der Waals surface area contributed by atoms with Crippen LogP contribution in [0.2, 0.25) is 5.02 Å². The van der Waals surface area contributed by atoms with Gasteiger partial charge in [0, 0.05) is 17.1 Å². The van der Waals surface area contributed by atoms with Crippen molar-refractivity contribution in [1.29, 1.82) is 0 Å². The number of methoxy groups -OCH3 is 2. The third kappa shape index (κ3) is 4.18. The first-order chi connectivity index (χ1) is 13.6. The molecule has 0 fully saturated rings. The summed E-state index contributed by atoms with van der Waals surface area (Å²) in [5.41, 5.74) is 6.91. The lowest BCUT2D eigenvalue weighted by Gasteiger charge is -2.11. The predicted molar refractivity (Wildman–Crippen MR) is 113 cm³/mol. The van der Waals surface area contributed by atoms with Crippen LogP contribution >= 0.6 is 11.6 Å². The lowest BCUT2D eigenvalue weighted by molar-refractivity contribution is 0.402. The molecule has 0 radical (unpaired) electrons. The maximum absolute atomic E-state index is 13.0. The van der Waals surface area contributed by atoms with E-state index >= 15 is 0 Å². The zero-order valence-electron chi connectivity index (χ0n) is 15.8. The lowest BCUT2D eigenvalue weighted by Crippen LogP contribution is -2.25. The van der Waals surface area contributed by atoms with Crippen molar-refractivity contribution < 1.29 is 9.47 Å². The molecule has 0 aliphatic heterocycles. The Kier molecular flexibility index (Phi) is 6.34. The van der Waals surface area contributed by atoms with Crippen molar-refractivity contribution >= 4 is 34.7 Å². The van der Waals surface area contributed by atoms with E-state index in [1.807, 2.05) is 24.3 Å². The van der Waals surface area contributed by atoms with Crippen molar-refractivity contribution in [3.05, 3.63) is 63.2 Å². The normalized spacial score (nSPS) is 11.3. The number of rotatable bonds is 7. The summed E-state index contributed by atoms with van der Waals surface area (Å²) in [6.45, 7) is 0.951. The predicted octanol–water partition coefficient (Wildman–Crippen LogP) is 3.59. The summed E-state index contributed by atoms with van der Waals surface area (Å²) in [6, 6.07) is 10.6. The number of hydrogen-bond acceptors (Lipinski definition) is 5. The topological polar surface area (TPSA) is 79.4 Å². The van der Waals surface area contributed by atoms with Gasteiger partial charge in [-0.25, -0.2) is 4.98 Å². The Morgan fingerprint density at radius 2 is 1.96 bits per heavy atom. The largest absolute Gasteiger partial charge is 0.497 e. The maximum atomic E-state index is 13.0. The van der Waals surface area contributed by atoms with Crippen LogP contribution in [-0.2, 0) is 6.54 Å². The first-order valence-electron chi connectivity index (χ1n) is 8.87. The highest BCUT2D eigenvalue weighted by molar-refractivity contribution is 6.31. The van der Waals surface area contributed by atoms with Crippen LogP contribution in [0.4, 0.5) is 0 Å². The Bertz CT molecular complexity index is 1080. The SMILES string of the molecule is COc1ccc(OC)c(/C=C/c2nc3ccc(Cl)cc3c(=O)n2CCCN)c1. The van der Waals surface area contributed by atoms with Gasteiger partial charge >= 0.3 is 0 Å². The molecule has 0 bridgehead atoms. The van der Waals surface area contributed by atoms with Gasteiger partial charge in [-0.05, 0) is 61.5 Å². The van der Waals surface area contributed by atoms with E-state index in [2.05, 4.69) is 4.98 Å². The second kappa shape index (κ2) is 8.91. The molecular weight excluding hydrogens is 378 g/mol. The number of fused-ring (bicyclic) bond motifs is 1. The van der Waals surface area contributed by atoms with Gasteiger partial charge in [-0.2, -0.15) is 0 Å². The highest BCUT2D eigenvalue weighted by Gasteiger charge is 2.10. The van der Waals surface area contributed by atoms with Gasteiger partial charge in [0.1, 0.15) is 17.3 Å². The molecule has 146 valence electrons. The van der Waals surface area contributed by atoms with Gasteiger partial charge in [-0.1, -0.05) is 11.6 Å². The van der Waals surface area contributed by atoms with Crippen molar-refractivity contribution in [3.8, 4) is 11.5 Å². The smallest absolute Gasteiger partial charge is 0.261 e. The summed E-state index contributed by atoms with van der Waals surface area (Å²) < 4.78 is 12.3. The number of ether oxygens (including phenoxy) is 2. The third-order valence-electron chi connectivity index (χ3n) is 4.38. The number of hydrogen-bond donors (Lipinski definition) is 1. The summed E-state index contributed by atoms with van der Waals surface area (Å²) in [6.07, 6.45) is 4.31. The van der Waals surface area contributed by atoms with Crippen LogP contribution in [0.5, 0.6) is 11.5 Å². The van der Waals surface area contributed by atoms with Crippen LogP contribution in [-0.4, -0.2) is 30.3 Å². The molecule has 0 aliphatic rings. The minimum Gasteiger partial charge on any atom is -0.497 e. The number of nitrogens with two attached hydrogens (primary N) is 1. The standard InChI is InChI=1S/C21H22ClN3O3/c1-27-16-6-8-19(28-2)14(12-16)4-9-20-24-18-7-5-15(22)13-17(18)21(26)25(20)11-3-10-23/h4-9,12-13H,3,10-11,23H2,1-2H3/b9-4+. The van der Waals surface area contributed by atoms with Gasteiger partial charge < -0.3 is 15.2 Å². The summed E-state index contributed by atoms with van der Waals surface area (Å²) in [5, 5.41) is 0.988. The Labute approximate surface area is 168 Å². The second-order valence-electron chi connectivity index (χ2n) is 6.17. The van der Waals surface area contributed by atoms with Gasteiger partial charge in [-0.15, -0.1) is 0 Å². The van der Waals surface area contributed by atoms with E-state index in [1.54, 1.807) is 43.1 Å². The molecule has 3 rings (SSSR count). The molecule has 0 aliphatic carbocycles. The van der Waals surface area contributed by atoms with Gasteiger partial charge in [-0.3, -0.25) is 9.36 Å². The van der Waals surface area contributed by atoms with Crippen molar-refractivity contribution in [3.63, 3.8) is 0 Å². The molecule has 1 heterocycles. The Morgan fingerprint density at radius 3 is 2.68 bits per heavy atom. The van der Waals surface area contributed by atoms with Crippen LogP contribution in [0, 0.1) is 0 Å². The highest BCUT2D eigenvalue weighted by Crippen LogP contribution is 2.26. The molecule has 28 heavy (non-hydrogen) atoms. The molecule has 0 saturated heterocycles. The van der Waals surface area contributed by atoms with Crippen LogP contribution < -0.4 is 20.8 Å². The molecule has 0 atom stereocenters. The Balaban J connectivity index is 2.12. The quantitative estimate of drug-likeness (QED) is 0.656. The molecule has 2 aromatic carbocycles. The average Bonchev–Trinajstić information content (AvgIpc) is 2.72. The third-order valence-corrected chi connectivity index (χ3v) is 4.62. The van der Waals surface area contributed by atoms with E-state index in [0.29, 0.717) is 52.8 Å². The van der Waals surface area contributed by atoms with Gasteiger partial charge in [0.05, 0.1) is 25.1 Å². The molecule has 0 saturated carbocycles. The molecule has 7 heteroatoms. The number of benzene rings is 2. The van der Waals surface area contributed by atoms with E-state index in [-0.39, 0.29) is 5.56 Å². The first-order valence-corrected chi connectivity index (χ1v) is 9.25. The fraction of sp³-hybridized carbons (Fsp3) is 0.238. The lowest BCUT2D eigenvalue weighted by atomic mass is 10.1. The molecule has 6 nitrogen and oxygen atoms in total. The number of halogens is 1. The molecule has 0 unspecified atom stereocenters. The van der Waals surface area contributed by atoms with Crippen LogP contribution in [0.25, 0.3) is 23.1 Å². The molecule has 1 aromatic heterocycles. The summed E-state index contributed by atoms with van der Waals surface area (Å²) in [7, 11) is 3.21. The summed E-state index contributed by atoms with van der Waals surface area (Å²) >= 11 is 6.05. The zero-order valence-corrected chi connectivity index (χ0v) is 16.6. The molecule has 0 amide bonds. The van der Waals surface area contributed by atoms with Crippen molar-refractivity contribution in [2.45, 2.75) is 13.0 Å². The van der Waals surface area contributed by atoms with Crippen LogP contribution in [0.1, 0.15) is 17.8 Å². The van der Waals surface area contributed by atoms with E-state index in [0.717, 1.165) is 5.56 Å². The number of nitrogens with zero attached hydrogens (tertiary/aromatic N) is 2. The van der Waals surface area contributed by atoms with E-state index in [9.17, 15) is 4.79 Å². The minimum atomic E-state index is -0.141. The van der Waals surface area contributed by atoms with Crippen molar-refractivity contribution in [2.24, 2.45) is 5.73 Å². The van der Waals surface area contributed by atoms with Crippen molar-refractivity contribution in [1.82, 2.24) is 9.55 Å². The molecule has 2 N–H and O–H groups in total. The molecule has 3 aromatic rings. The first kappa shape index (κ1) is 19.9. The second-order valence-corrected chi connectivity index (χ2v) is 6.61. The Morgan fingerprint density at radius 1 is 1.14 bits per heavy atom. The average molecular weight is 400 g/mol. The zero-order chi connectivity index (χ0) is 20.1. The summed E-state index contributed by atoms with van der Waals surface area (Å²) in [4.78, 5) is 17.6. The monoisotopic (exact) mass is 399 g/mol. The molecular formula is C21H22ClN3O3. The van der Waals surface area contributed by atoms with Gasteiger partial charge in [0.15, 0.2) is 0 Å². The highest BCUT2D eigenvalue weighted by atomic mass is 35.5. The van der Waals surface area contributed by atoms with E-state index in [4.69, 9.17) is 26.8 Å². The van der Waals surface area contributed by atoms with E-state index < -0.39 is 0 Å². The minimum absolute atomic E-state index is 0.141. The number of aromatic nitrogens is 2. The fourth-order valence-corrected chi connectivity index (χ4v) is 3.11. The van der Waals surface area contributed by atoms with Gasteiger partial charge in [0.25, 0.3) is 5.56 Å². The van der Waals surface area contributed by atoms with Crippen molar-refractivity contribution in [2.75, 3.05) is 20.8 Å². The van der Waals surface area contributed by atoms with Crippen LogP contribution in [0.3, 0.4) is 0 Å². The van der Waals surface area contributed by atoms with E-state index in [1.165, 1.54) is 0 Å².